The second kappa shape index (κ2) is 7.08. The molecule has 0 saturated carbocycles. The van der Waals surface area contributed by atoms with E-state index < -0.39 is 29.0 Å². The van der Waals surface area contributed by atoms with Crippen LogP contribution in [0.15, 0.2) is 23.1 Å². The van der Waals surface area contributed by atoms with Crippen LogP contribution < -0.4 is 15.4 Å². The van der Waals surface area contributed by atoms with Crippen LogP contribution in [0.4, 0.5) is 14.5 Å². The van der Waals surface area contributed by atoms with Gasteiger partial charge in [0.15, 0.2) is 0 Å². The van der Waals surface area contributed by atoms with Crippen LogP contribution in [-0.2, 0) is 21.2 Å². The summed E-state index contributed by atoms with van der Waals surface area (Å²) in [6.07, 6.45) is 0.525. The van der Waals surface area contributed by atoms with Gasteiger partial charge >= 0.3 is 0 Å². The lowest BCUT2D eigenvalue weighted by molar-refractivity contribution is -0.116. The van der Waals surface area contributed by atoms with E-state index in [0.29, 0.717) is 24.2 Å². The number of alkyl halides is 2. The highest BCUT2D eigenvalue weighted by atomic mass is 35.5. The molecule has 130 valence electrons. The van der Waals surface area contributed by atoms with E-state index in [-0.39, 0.29) is 23.2 Å². The minimum Gasteiger partial charge on any atom is -0.325 e. The predicted molar refractivity (Wildman–Crippen MR) is 84.6 cm³/mol. The van der Waals surface area contributed by atoms with Gasteiger partial charge in [0.2, 0.25) is 15.9 Å². The summed E-state index contributed by atoms with van der Waals surface area (Å²) in [6.45, 7) is -0.0845. The first kappa shape index (κ1) is 19.8. The quantitative estimate of drug-likeness (QED) is 0.806. The molecule has 1 aromatic carbocycles. The molecule has 1 heterocycles. The molecule has 1 aliphatic rings. The molecule has 1 aliphatic heterocycles. The van der Waals surface area contributed by atoms with Crippen LogP contribution in [0, 0.1) is 0 Å². The fourth-order valence-corrected chi connectivity index (χ4v) is 3.34. The Kier molecular flexibility index (Phi) is 6.08. The summed E-state index contributed by atoms with van der Waals surface area (Å²) in [4.78, 5) is 12.9. The van der Waals surface area contributed by atoms with Crippen LogP contribution >= 0.6 is 12.4 Å². The zero-order valence-electron chi connectivity index (χ0n) is 12.4. The number of sulfonamides is 1. The van der Waals surface area contributed by atoms with Crippen LogP contribution in [0.3, 0.4) is 0 Å². The molecule has 0 aromatic heterocycles. The Balaban J connectivity index is 0.00000264. The Labute approximate surface area is 139 Å². The third-order valence-electron chi connectivity index (χ3n) is 3.46. The van der Waals surface area contributed by atoms with Crippen molar-refractivity contribution in [3.63, 3.8) is 0 Å². The third kappa shape index (κ3) is 4.37. The minimum atomic E-state index is -4.05. The normalized spacial score (nSPS) is 14.3. The van der Waals surface area contributed by atoms with Crippen LogP contribution in [-0.4, -0.2) is 39.9 Å². The Morgan fingerprint density at radius 3 is 2.65 bits per heavy atom. The van der Waals surface area contributed by atoms with E-state index in [9.17, 15) is 22.0 Å². The summed E-state index contributed by atoms with van der Waals surface area (Å²) >= 11 is 0. The summed E-state index contributed by atoms with van der Waals surface area (Å²) in [7, 11) is -4.05. The van der Waals surface area contributed by atoms with Crippen molar-refractivity contribution in [3.8, 4) is 0 Å². The highest BCUT2D eigenvalue weighted by molar-refractivity contribution is 7.89. The molecule has 0 saturated heterocycles. The summed E-state index contributed by atoms with van der Waals surface area (Å²) in [5.41, 5.74) is 6.22. The van der Waals surface area contributed by atoms with Crippen molar-refractivity contribution in [1.29, 1.82) is 0 Å². The lowest BCUT2D eigenvalue weighted by atomic mass is 10.2. The summed E-state index contributed by atoms with van der Waals surface area (Å²) < 4.78 is 52.1. The second-order valence-corrected chi connectivity index (χ2v) is 6.86. The molecular weight excluding hydrogens is 352 g/mol. The Bertz CT molecular complexity index is 698. The average Bonchev–Trinajstić information content (AvgIpc) is 2.88. The number of carbonyl (C=O) groups is 1. The Hall–Kier alpha value is -1.29. The number of halogens is 3. The molecule has 2 rings (SSSR count). The molecule has 23 heavy (non-hydrogen) atoms. The van der Waals surface area contributed by atoms with Gasteiger partial charge in [0.05, 0.1) is 18.0 Å². The first-order chi connectivity index (χ1) is 10.2. The summed E-state index contributed by atoms with van der Waals surface area (Å²) in [5, 5.41) is 0. The molecule has 1 amide bonds. The van der Waals surface area contributed by atoms with Gasteiger partial charge in [-0.25, -0.2) is 21.9 Å². The van der Waals surface area contributed by atoms with Gasteiger partial charge in [-0.2, -0.15) is 0 Å². The van der Waals surface area contributed by atoms with Crippen molar-refractivity contribution in [3.05, 3.63) is 23.8 Å². The largest absolute Gasteiger partial charge is 0.325 e. The maximum atomic E-state index is 13.1. The fraction of sp³-hybridized carbons (Fsp3) is 0.462. The molecular formula is C13H18ClF2N3O3S. The topological polar surface area (TPSA) is 92.5 Å². The molecule has 10 heteroatoms. The number of benzene rings is 1. The van der Waals surface area contributed by atoms with Gasteiger partial charge in [-0.15, -0.1) is 12.4 Å². The third-order valence-corrected chi connectivity index (χ3v) is 4.86. The van der Waals surface area contributed by atoms with E-state index in [1.807, 2.05) is 4.72 Å². The number of nitrogens with two attached hydrogens (primary N) is 1. The number of fused-ring (bicyclic) bond motifs is 1. The van der Waals surface area contributed by atoms with Gasteiger partial charge in [0, 0.05) is 19.2 Å². The molecule has 6 nitrogen and oxygen atoms in total. The number of anilines is 1. The molecule has 0 atom stereocenters. The minimum absolute atomic E-state index is 0. The van der Waals surface area contributed by atoms with E-state index in [2.05, 4.69) is 0 Å². The van der Waals surface area contributed by atoms with Gasteiger partial charge < -0.3 is 10.6 Å². The van der Waals surface area contributed by atoms with Gasteiger partial charge in [0.25, 0.3) is 5.92 Å². The number of hydrogen-bond acceptors (Lipinski definition) is 4. The second-order valence-electron chi connectivity index (χ2n) is 5.10. The predicted octanol–water partition coefficient (Wildman–Crippen LogP) is 0.890. The molecule has 1 aromatic rings. The van der Waals surface area contributed by atoms with Crippen LogP contribution in [0.5, 0.6) is 0 Å². The highest BCUT2D eigenvalue weighted by Crippen LogP contribution is 2.30. The zero-order valence-corrected chi connectivity index (χ0v) is 14.0. The SMILES string of the molecule is CC(=O)N1CCc2cc(S(=O)(=O)NCC(F)(F)CN)ccc21.Cl. The smallest absolute Gasteiger partial charge is 0.273 e. The summed E-state index contributed by atoms with van der Waals surface area (Å²) in [5.74, 6) is -3.43. The van der Waals surface area contributed by atoms with Gasteiger partial charge in [-0.05, 0) is 30.2 Å². The average molecular weight is 370 g/mol. The number of amides is 1. The van der Waals surface area contributed by atoms with E-state index in [4.69, 9.17) is 5.73 Å². The molecule has 3 N–H and O–H groups in total. The number of carbonyl (C=O) groups excluding carboxylic acids is 1. The van der Waals surface area contributed by atoms with Crippen molar-refractivity contribution in [1.82, 2.24) is 4.72 Å². The molecule has 0 spiro atoms. The lowest BCUT2D eigenvalue weighted by Crippen LogP contribution is -2.41. The zero-order chi connectivity index (χ0) is 16.5. The highest BCUT2D eigenvalue weighted by Gasteiger charge is 2.30. The maximum Gasteiger partial charge on any atom is 0.273 e. The molecule has 0 aliphatic carbocycles. The summed E-state index contributed by atoms with van der Waals surface area (Å²) in [6, 6.07) is 4.21. The monoisotopic (exact) mass is 369 g/mol. The fourth-order valence-electron chi connectivity index (χ4n) is 2.23. The van der Waals surface area contributed by atoms with Gasteiger partial charge in [0.1, 0.15) is 0 Å². The van der Waals surface area contributed by atoms with Gasteiger partial charge in [-0.1, -0.05) is 0 Å². The van der Waals surface area contributed by atoms with Crippen LogP contribution in [0.2, 0.25) is 0 Å². The number of nitrogens with zero attached hydrogens (tertiary/aromatic N) is 1. The van der Waals surface area contributed by atoms with Gasteiger partial charge in [-0.3, -0.25) is 4.79 Å². The first-order valence-electron chi connectivity index (χ1n) is 6.65. The molecule has 0 unspecified atom stereocenters. The molecule has 0 bridgehead atoms. The number of hydrogen-bond donors (Lipinski definition) is 2. The van der Waals surface area contributed by atoms with E-state index in [1.165, 1.54) is 25.1 Å². The first-order valence-corrected chi connectivity index (χ1v) is 8.13. The van der Waals surface area contributed by atoms with Crippen LogP contribution in [0.1, 0.15) is 12.5 Å². The Morgan fingerprint density at radius 1 is 1.43 bits per heavy atom. The number of rotatable bonds is 5. The van der Waals surface area contributed by atoms with Crippen molar-refractivity contribution >= 4 is 34.0 Å². The van der Waals surface area contributed by atoms with Crippen molar-refractivity contribution < 1.29 is 22.0 Å². The van der Waals surface area contributed by atoms with Crippen molar-refractivity contribution in [2.75, 3.05) is 24.5 Å². The van der Waals surface area contributed by atoms with Crippen molar-refractivity contribution in [2.45, 2.75) is 24.2 Å². The van der Waals surface area contributed by atoms with E-state index in [0.717, 1.165) is 0 Å². The van der Waals surface area contributed by atoms with E-state index >= 15 is 0 Å². The number of nitrogens with one attached hydrogen (secondary N) is 1. The molecule has 0 radical (unpaired) electrons. The standard InChI is InChI=1S/C13H17F2N3O3S.ClH/c1-9(19)18-5-4-10-6-11(2-3-12(10)18)22(20,21)17-8-13(14,15)7-16;/h2-3,6,17H,4-5,7-8,16H2,1H3;1H. The maximum absolute atomic E-state index is 13.1. The van der Waals surface area contributed by atoms with E-state index in [1.54, 1.807) is 4.90 Å². The lowest BCUT2D eigenvalue weighted by Gasteiger charge is -2.16. The Morgan fingerprint density at radius 2 is 2.09 bits per heavy atom. The van der Waals surface area contributed by atoms with Crippen molar-refractivity contribution in [2.24, 2.45) is 5.73 Å². The molecule has 0 fully saturated rings. The van der Waals surface area contributed by atoms with Crippen LogP contribution in [0.25, 0.3) is 0 Å².